The Balaban J connectivity index is 1.47. The zero-order valence-electron chi connectivity index (χ0n) is 22.3. The molecule has 0 radical (unpaired) electrons. The Morgan fingerprint density at radius 2 is 1.78 bits per heavy atom. The van der Waals surface area contributed by atoms with Crippen molar-refractivity contribution < 1.29 is 18.0 Å². The first-order valence-electron chi connectivity index (χ1n) is 13.4. The quantitative estimate of drug-likeness (QED) is 0.291. The number of halogens is 3. The second kappa shape index (κ2) is 10.4. The van der Waals surface area contributed by atoms with Gasteiger partial charge < -0.3 is 9.80 Å². The average molecular weight is 561 g/mol. The highest BCUT2D eigenvalue weighted by molar-refractivity contribution is 6.05. The molecule has 1 aliphatic heterocycles. The number of carbonyl (C=O) groups is 1. The molecule has 0 bridgehead atoms. The number of carbonyl (C=O) groups excluding carboxylic acids is 1. The van der Waals surface area contributed by atoms with E-state index in [2.05, 4.69) is 15.2 Å². The number of rotatable bonds is 5. The van der Waals surface area contributed by atoms with Gasteiger partial charge in [-0.05, 0) is 48.4 Å². The van der Waals surface area contributed by atoms with Crippen molar-refractivity contribution in [2.75, 3.05) is 31.1 Å². The molecule has 2 aromatic carbocycles. The molecule has 6 rings (SSSR count). The lowest BCUT2D eigenvalue weighted by Crippen LogP contribution is -2.49. The normalized spacial score (nSPS) is 14.2. The second-order valence-corrected chi connectivity index (χ2v) is 10.1. The molecule has 3 aromatic heterocycles. The molecule has 4 heterocycles. The van der Waals surface area contributed by atoms with Gasteiger partial charge in [-0.3, -0.25) is 24.2 Å². The number of aromatic amines is 1. The topological polar surface area (TPSA) is 87.1 Å². The van der Waals surface area contributed by atoms with Crippen molar-refractivity contribution in [3.05, 3.63) is 83.0 Å². The summed E-state index contributed by atoms with van der Waals surface area (Å²) < 4.78 is 44.8. The van der Waals surface area contributed by atoms with E-state index < -0.39 is 17.3 Å². The van der Waals surface area contributed by atoms with E-state index in [1.54, 1.807) is 40.5 Å². The second-order valence-electron chi connectivity index (χ2n) is 10.1. The van der Waals surface area contributed by atoms with Crippen molar-refractivity contribution in [2.45, 2.75) is 25.9 Å². The van der Waals surface area contributed by atoms with Gasteiger partial charge in [0.2, 0.25) is 5.91 Å². The number of anilines is 1. The van der Waals surface area contributed by atoms with Crippen LogP contribution in [0.15, 0.2) is 71.9 Å². The summed E-state index contributed by atoms with van der Waals surface area (Å²) in [5.41, 5.74) is 1.58. The highest BCUT2D eigenvalue weighted by atomic mass is 19.4. The highest BCUT2D eigenvalue weighted by Gasteiger charge is 2.36. The first-order chi connectivity index (χ1) is 19.7. The number of alkyl halides is 3. The zero-order valence-corrected chi connectivity index (χ0v) is 22.3. The minimum absolute atomic E-state index is 0.0199. The lowest BCUT2D eigenvalue weighted by atomic mass is 10.0. The zero-order chi connectivity index (χ0) is 28.7. The Bertz CT molecular complexity index is 1810. The van der Waals surface area contributed by atoms with Gasteiger partial charge in [0, 0.05) is 73.1 Å². The monoisotopic (exact) mass is 560 g/mol. The van der Waals surface area contributed by atoms with Crippen LogP contribution in [0, 0.1) is 0 Å². The van der Waals surface area contributed by atoms with Crippen LogP contribution in [0.2, 0.25) is 0 Å². The summed E-state index contributed by atoms with van der Waals surface area (Å²) in [5, 5.41) is 8.02. The maximum atomic E-state index is 14.5. The number of benzene rings is 2. The summed E-state index contributed by atoms with van der Waals surface area (Å²) in [5.74, 6) is 0.0199. The van der Waals surface area contributed by atoms with Crippen LogP contribution in [0.5, 0.6) is 0 Å². The summed E-state index contributed by atoms with van der Waals surface area (Å²) in [6.45, 7) is 3.22. The Morgan fingerprint density at radius 3 is 2.49 bits per heavy atom. The molecule has 5 aromatic rings. The van der Waals surface area contributed by atoms with E-state index in [1.165, 1.54) is 16.7 Å². The molecule has 1 aliphatic rings. The number of hydrogen-bond donors (Lipinski definition) is 1. The molecule has 1 N–H and O–H groups in total. The minimum Gasteiger partial charge on any atom is -0.367 e. The molecule has 1 amide bonds. The largest absolute Gasteiger partial charge is 0.418 e. The summed E-state index contributed by atoms with van der Waals surface area (Å²) in [7, 11) is 0. The summed E-state index contributed by atoms with van der Waals surface area (Å²) >= 11 is 0. The fourth-order valence-corrected chi connectivity index (χ4v) is 5.49. The number of nitrogens with zero attached hydrogens (tertiary/aromatic N) is 5. The number of pyridine rings is 2. The lowest BCUT2D eigenvalue weighted by Gasteiger charge is -2.37. The fourth-order valence-electron chi connectivity index (χ4n) is 5.49. The number of piperazine rings is 1. The van der Waals surface area contributed by atoms with Crippen LogP contribution in [0.25, 0.3) is 38.6 Å². The van der Waals surface area contributed by atoms with Crippen LogP contribution in [0.3, 0.4) is 0 Å². The van der Waals surface area contributed by atoms with Gasteiger partial charge in [0.25, 0.3) is 5.56 Å². The predicted molar refractivity (Wildman–Crippen MR) is 151 cm³/mol. The fraction of sp³-hybridized carbons (Fsp3) is 0.267. The van der Waals surface area contributed by atoms with Gasteiger partial charge in [-0.15, -0.1) is 0 Å². The molecule has 0 saturated carbocycles. The van der Waals surface area contributed by atoms with E-state index >= 15 is 0 Å². The standard InChI is InChI=1S/C30H27F3N6O2/c1-2-3-27(40)38-12-10-37(11-13-38)26-8-6-22(15-24(26)30(31,32)33)39-28(41)9-5-20-16-34-25-7-4-19(14-23(25)29(20)39)21-17-35-36-18-21/h4-9,14-18H,2-3,10-13H2,1H3,(H,35,36). The maximum absolute atomic E-state index is 14.5. The van der Waals surface area contributed by atoms with Gasteiger partial charge >= 0.3 is 6.18 Å². The lowest BCUT2D eigenvalue weighted by molar-refractivity contribution is -0.137. The van der Waals surface area contributed by atoms with Crippen molar-refractivity contribution in [1.82, 2.24) is 24.6 Å². The molecule has 0 aliphatic carbocycles. The van der Waals surface area contributed by atoms with Gasteiger partial charge in [-0.1, -0.05) is 13.0 Å². The third kappa shape index (κ3) is 4.92. The summed E-state index contributed by atoms with van der Waals surface area (Å²) in [6.07, 6.45) is 1.51. The van der Waals surface area contributed by atoms with Gasteiger partial charge in [0.05, 0.1) is 28.5 Å². The molecule has 0 spiro atoms. The first kappa shape index (κ1) is 26.5. The average Bonchev–Trinajstić information content (AvgIpc) is 3.52. The van der Waals surface area contributed by atoms with E-state index in [-0.39, 0.29) is 17.3 Å². The molecule has 0 atom stereocenters. The van der Waals surface area contributed by atoms with Crippen LogP contribution in [-0.2, 0) is 11.0 Å². The molecule has 1 fully saturated rings. The molecule has 8 nitrogen and oxygen atoms in total. The van der Waals surface area contributed by atoms with E-state index in [4.69, 9.17) is 0 Å². The van der Waals surface area contributed by atoms with Crippen LogP contribution < -0.4 is 10.5 Å². The van der Waals surface area contributed by atoms with Crippen molar-refractivity contribution in [1.29, 1.82) is 0 Å². The van der Waals surface area contributed by atoms with E-state index in [1.807, 2.05) is 25.1 Å². The molecular weight excluding hydrogens is 533 g/mol. The van der Waals surface area contributed by atoms with Gasteiger partial charge in [0.1, 0.15) is 0 Å². The maximum Gasteiger partial charge on any atom is 0.418 e. The molecular formula is C30H27F3N6O2. The van der Waals surface area contributed by atoms with Gasteiger partial charge in [-0.25, -0.2) is 0 Å². The molecule has 11 heteroatoms. The van der Waals surface area contributed by atoms with E-state index in [0.717, 1.165) is 23.6 Å². The Kier molecular flexibility index (Phi) is 6.72. The third-order valence-corrected chi connectivity index (χ3v) is 7.53. The summed E-state index contributed by atoms with van der Waals surface area (Å²) in [4.78, 5) is 33.4. The van der Waals surface area contributed by atoms with Crippen LogP contribution in [0.4, 0.5) is 18.9 Å². The van der Waals surface area contributed by atoms with Crippen LogP contribution in [-0.4, -0.2) is 56.7 Å². The predicted octanol–water partition coefficient (Wildman–Crippen LogP) is 5.40. The van der Waals surface area contributed by atoms with E-state index in [0.29, 0.717) is 54.4 Å². The minimum atomic E-state index is -4.66. The number of H-pyrrole nitrogens is 1. The Labute approximate surface area is 233 Å². The SMILES string of the molecule is CCCC(=O)N1CCN(c2ccc(-n3c(=O)ccc4cnc5ccc(-c6cn[nH]c6)cc5c43)cc2C(F)(F)F)CC1. The molecule has 41 heavy (non-hydrogen) atoms. The number of aromatic nitrogens is 4. The smallest absolute Gasteiger partial charge is 0.367 e. The van der Waals surface area contributed by atoms with E-state index in [9.17, 15) is 22.8 Å². The highest BCUT2D eigenvalue weighted by Crippen LogP contribution is 2.39. The van der Waals surface area contributed by atoms with Crippen molar-refractivity contribution in [3.63, 3.8) is 0 Å². The Morgan fingerprint density at radius 1 is 0.976 bits per heavy atom. The third-order valence-electron chi connectivity index (χ3n) is 7.53. The number of amides is 1. The first-order valence-corrected chi connectivity index (χ1v) is 13.4. The van der Waals surface area contributed by atoms with Crippen molar-refractivity contribution in [3.8, 4) is 16.8 Å². The Hall–Kier alpha value is -4.67. The van der Waals surface area contributed by atoms with Gasteiger partial charge in [0.15, 0.2) is 0 Å². The molecule has 1 saturated heterocycles. The van der Waals surface area contributed by atoms with Crippen molar-refractivity contribution in [2.24, 2.45) is 0 Å². The molecule has 0 unspecified atom stereocenters. The van der Waals surface area contributed by atoms with Crippen LogP contribution >= 0.6 is 0 Å². The molecule has 210 valence electrons. The van der Waals surface area contributed by atoms with Crippen LogP contribution in [0.1, 0.15) is 25.3 Å². The van der Waals surface area contributed by atoms with Crippen molar-refractivity contribution >= 4 is 33.4 Å². The van der Waals surface area contributed by atoms with Gasteiger partial charge in [-0.2, -0.15) is 18.3 Å². The number of fused-ring (bicyclic) bond motifs is 3. The number of hydrogen-bond acceptors (Lipinski definition) is 5. The summed E-state index contributed by atoms with van der Waals surface area (Å²) in [6, 6.07) is 12.5. The number of nitrogens with one attached hydrogen (secondary N) is 1.